The fourth-order valence-electron chi connectivity index (χ4n) is 3.15. The summed E-state index contributed by atoms with van der Waals surface area (Å²) in [5, 5.41) is 15.5. The zero-order valence-corrected chi connectivity index (χ0v) is 17.7. The van der Waals surface area contributed by atoms with Gasteiger partial charge in [-0.05, 0) is 43.4 Å². The molecule has 3 aromatic rings. The van der Waals surface area contributed by atoms with E-state index in [0.29, 0.717) is 31.8 Å². The van der Waals surface area contributed by atoms with Crippen LogP contribution in [0.1, 0.15) is 24.4 Å². The molecule has 8 nitrogen and oxygen atoms in total. The van der Waals surface area contributed by atoms with Gasteiger partial charge in [0.2, 0.25) is 11.7 Å². The second kappa shape index (κ2) is 10.5. The third kappa shape index (κ3) is 5.87. The van der Waals surface area contributed by atoms with E-state index in [4.69, 9.17) is 4.74 Å². The van der Waals surface area contributed by atoms with Crippen molar-refractivity contribution in [1.29, 1.82) is 0 Å². The minimum atomic E-state index is 0.0127. The first-order chi connectivity index (χ1) is 14.6. The number of carbonyl (C=O) groups is 1. The molecule has 3 rings (SSSR count). The van der Waals surface area contributed by atoms with E-state index in [9.17, 15) is 4.79 Å². The summed E-state index contributed by atoms with van der Waals surface area (Å²) in [6, 6.07) is 17.7. The number of amides is 1. The highest BCUT2D eigenvalue weighted by atomic mass is 16.5. The van der Waals surface area contributed by atoms with Crippen molar-refractivity contribution in [1.82, 2.24) is 30.4 Å². The number of likely N-dealkylation sites (N-methyl/N-ethyl adjacent to an activating group) is 1. The van der Waals surface area contributed by atoms with Gasteiger partial charge in [0.1, 0.15) is 5.75 Å². The molecule has 2 aromatic carbocycles. The van der Waals surface area contributed by atoms with Gasteiger partial charge in [0.25, 0.3) is 0 Å². The van der Waals surface area contributed by atoms with Crippen LogP contribution >= 0.6 is 0 Å². The normalized spacial score (nSPS) is 12.0. The zero-order valence-electron chi connectivity index (χ0n) is 17.7. The van der Waals surface area contributed by atoms with Crippen molar-refractivity contribution in [3.8, 4) is 17.1 Å². The molecule has 1 amide bonds. The van der Waals surface area contributed by atoms with E-state index >= 15 is 0 Å². The molecule has 0 aliphatic carbocycles. The molecular formula is C22H28N6O2. The number of ether oxygens (including phenoxy) is 1. The smallest absolute Gasteiger partial charge is 0.220 e. The van der Waals surface area contributed by atoms with E-state index in [0.717, 1.165) is 16.9 Å². The Bertz CT molecular complexity index is 924. The highest BCUT2D eigenvalue weighted by Gasteiger charge is 2.15. The first kappa shape index (κ1) is 21.4. The van der Waals surface area contributed by atoms with Gasteiger partial charge in [-0.3, -0.25) is 4.79 Å². The Balaban J connectivity index is 1.45. The third-order valence-electron chi connectivity index (χ3n) is 4.86. The molecule has 1 atom stereocenters. The van der Waals surface area contributed by atoms with Gasteiger partial charge in [0.05, 0.1) is 19.7 Å². The number of aromatic nitrogens is 4. The number of benzene rings is 2. The Hall–Kier alpha value is -3.26. The van der Waals surface area contributed by atoms with Gasteiger partial charge in [-0.2, -0.15) is 4.80 Å². The summed E-state index contributed by atoms with van der Waals surface area (Å²) in [5.74, 6) is 1.42. The molecule has 1 heterocycles. The van der Waals surface area contributed by atoms with Crippen LogP contribution in [0.3, 0.4) is 0 Å². The van der Waals surface area contributed by atoms with Crippen molar-refractivity contribution >= 4 is 5.91 Å². The molecule has 8 heteroatoms. The summed E-state index contributed by atoms with van der Waals surface area (Å²) in [5.41, 5.74) is 2.05. The minimum Gasteiger partial charge on any atom is -0.497 e. The molecule has 1 N–H and O–H groups in total. The van der Waals surface area contributed by atoms with Crippen molar-refractivity contribution in [3.63, 3.8) is 0 Å². The first-order valence-electron chi connectivity index (χ1n) is 9.97. The highest BCUT2D eigenvalue weighted by molar-refractivity contribution is 5.75. The van der Waals surface area contributed by atoms with Gasteiger partial charge >= 0.3 is 0 Å². The van der Waals surface area contributed by atoms with Crippen LogP contribution in [0.5, 0.6) is 5.75 Å². The van der Waals surface area contributed by atoms with Gasteiger partial charge in [0, 0.05) is 18.5 Å². The van der Waals surface area contributed by atoms with Crippen molar-refractivity contribution in [2.24, 2.45) is 0 Å². The van der Waals surface area contributed by atoms with Gasteiger partial charge < -0.3 is 15.0 Å². The van der Waals surface area contributed by atoms with Crippen LogP contribution in [0.2, 0.25) is 0 Å². The van der Waals surface area contributed by atoms with Crippen LogP contribution in [0.4, 0.5) is 0 Å². The lowest BCUT2D eigenvalue weighted by Crippen LogP contribution is -2.34. The molecule has 0 radical (unpaired) electrons. The van der Waals surface area contributed by atoms with Gasteiger partial charge in [0.15, 0.2) is 0 Å². The number of nitrogens with one attached hydrogen (secondary N) is 1. The van der Waals surface area contributed by atoms with E-state index in [1.54, 1.807) is 7.11 Å². The predicted molar refractivity (Wildman–Crippen MR) is 115 cm³/mol. The summed E-state index contributed by atoms with van der Waals surface area (Å²) in [4.78, 5) is 15.9. The summed E-state index contributed by atoms with van der Waals surface area (Å²) >= 11 is 0. The molecule has 0 spiro atoms. The van der Waals surface area contributed by atoms with Crippen molar-refractivity contribution in [2.45, 2.75) is 25.4 Å². The van der Waals surface area contributed by atoms with E-state index in [2.05, 4.69) is 25.6 Å². The number of hydrogen-bond acceptors (Lipinski definition) is 6. The van der Waals surface area contributed by atoms with Crippen LogP contribution < -0.4 is 10.1 Å². The Morgan fingerprint density at radius 1 is 1.13 bits per heavy atom. The molecule has 0 aliphatic rings. The molecular weight excluding hydrogens is 380 g/mol. The maximum atomic E-state index is 12.3. The molecule has 0 fully saturated rings. The number of rotatable bonds is 10. The number of carbonyl (C=O) groups excluding carboxylic acids is 1. The van der Waals surface area contributed by atoms with Crippen LogP contribution in [0.25, 0.3) is 11.4 Å². The van der Waals surface area contributed by atoms with Crippen LogP contribution in [0, 0.1) is 0 Å². The topological polar surface area (TPSA) is 85.2 Å². The summed E-state index contributed by atoms with van der Waals surface area (Å²) < 4.78 is 5.21. The van der Waals surface area contributed by atoms with E-state index in [-0.39, 0.29) is 11.9 Å². The summed E-state index contributed by atoms with van der Waals surface area (Å²) in [6.45, 7) is 1.08. The molecule has 0 saturated heterocycles. The van der Waals surface area contributed by atoms with Crippen LogP contribution in [0.15, 0.2) is 54.6 Å². The van der Waals surface area contributed by atoms with E-state index in [1.807, 2.05) is 68.7 Å². The van der Waals surface area contributed by atoms with Crippen molar-refractivity contribution in [3.05, 3.63) is 60.2 Å². The Morgan fingerprint density at radius 3 is 2.53 bits per heavy atom. The van der Waals surface area contributed by atoms with Gasteiger partial charge in [-0.15, -0.1) is 10.2 Å². The van der Waals surface area contributed by atoms with Gasteiger partial charge in [-0.1, -0.05) is 42.5 Å². The highest BCUT2D eigenvalue weighted by Crippen LogP contribution is 2.20. The number of methoxy groups -OCH3 is 1. The van der Waals surface area contributed by atoms with E-state index in [1.165, 1.54) is 4.80 Å². The second-order valence-corrected chi connectivity index (χ2v) is 7.24. The fourth-order valence-corrected chi connectivity index (χ4v) is 3.15. The average molecular weight is 409 g/mol. The third-order valence-corrected chi connectivity index (χ3v) is 4.86. The Kier molecular flexibility index (Phi) is 7.51. The molecule has 0 bridgehead atoms. The SMILES string of the molecule is COc1ccc(C(CNC(=O)CCCn2nnc(-c3ccccc3)n2)N(C)C)cc1. The maximum Gasteiger partial charge on any atom is 0.220 e. The molecule has 0 aliphatic heterocycles. The lowest BCUT2D eigenvalue weighted by atomic mass is 10.1. The summed E-state index contributed by atoms with van der Waals surface area (Å²) in [6.07, 6.45) is 1.05. The van der Waals surface area contributed by atoms with E-state index < -0.39 is 0 Å². The zero-order chi connectivity index (χ0) is 21.3. The fraction of sp³-hybridized carbons (Fsp3) is 0.364. The number of nitrogens with zero attached hydrogens (tertiary/aromatic N) is 5. The quantitative estimate of drug-likeness (QED) is 0.555. The molecule has 1 aromatic heterocycles. The molecule has 0 saturated carbocycles. The summed E-state index contributed by atoms with van der Waals surface area (Å²) in [7, 11) is 5.65. The number of hydrogen-bond donors (Lipinski definition) is 1. The second-order valence-electron chi connectivity index (χ2n) is 7.24. The Labute approximate surface area is 176 Å². The van der Waals surface area contributed by atoms with Gasteiger partial charge in [-0.25, -0.2) is 0 Å². The lowest BCUT2D eigenvalue weighted by molar-refractivity contribution is -0.121. The molecule has 1 unspecified atom stereocenters. The van der Waals surface area contributed by atoms with Crippen LogP contribution in [-0.4, -0.2) is 58.8 Å². The van der Waals surface area contributed by atoms with Crippen molar-refractivity contribution < 1.29 is 9.53 Å². The standard InChI is InChI=1S/C22H28N6O2/c1-27(2)20(17-11-13-19(30-3)14-12-17)16-23-21(29)10-7-15-28-25-22(24-26-28)18-8-5-4-6-9-18/h4-6,8-9,11-14,20H,7,10,15-16H2,1-3H3,(H,23,29). The van der Waals surface area contributed by atoms with Crippen LogP contribution in [-0.2, 0) is 11.3 Å². The monoisotopic (exact) mass is 408 g/mol. The largest absolute Gasteiger partial charge is 0.497 e. The maximum absolute atomic E-state index is 12.3. The first-order valence-corrected chi connectivity index (χ1v) is 9.97. The Morgan fingerprint density at radius 2 is 1.87 bits per heavy atom. The molecule has 30 heavy (non-hydrogen) atoms. The number of aryl methyl sites for hydroxylation is 1. The predicted octanol–water partition coefficient (Wildman–Crippen LogP) is 2.55. The minimum absolute atomic E-state index is 0.0127. The van der Waals surface area contributed by atoms with Crippen molar-refractivity contribution in [2.75, 3.05) is 27.7 Å². The molecule has 158 valence electrons. The number of tetrazole rings is 1. The average Bonchev–Trinajstić information content (AvgIpc) is 3.24. The lowest BCUT2D eigenvalue weighted by Gasteiger charge is -2.25.